The van der Waals surface area contributed by atoms with Gasteiger partial charge in [0.05, 0.1) is 6.61 Å². The molecule has 0 heterocycles. The van der Waals surface area contributed by atoms with E-state index in [9.17, 15) is 4.57 Å². The van der Waals surface area contributed by atoms with Gasteiger partial charge < -0.3 is 4.52 Å². The molecule has 0 spiro atoms. The fourth-order valence-electron chi connectivity index (χ4n) is 1.57. The summed E-state index contributed by atoms with van der Waals surface area (Å²) in [6.07, 6.45) is 4.62. The van der Waals surface area contributed by atoms with Crippen molar-refractivity contribution < 1.29 is 9.09 Å². The molecule has 1 rings (SSSR count). The van der Waals surface area contributed by atoms with Gasteiger partial charge in [-0.25, -0.2) is 0 Å². The molecule has 90 valence electrons. The summed E-state index contributed by atoms with van der Waals surface area (Å²) in [5.41, 5.74) is 1.06. The molecule has 0 bridgehead atoms. The zero-order valence-electron chi connectivity index (χ0n) is 10.2. The van der Waals surface area contributed by atoms with Gasteiger partial charge >= 0.3 is 0 Å². The van der Waals surface area contributed by atoms with E-state index in [1.807, 2.05) is 31.2 Å². The molecule has 0 aliphatic rings. The van der Waals surface area contributed by atoms with E-state index in [-0.39, 0.29) is 0 Å². The van der Waals surface area contributed by atoms with Crippen LogP contribution in [-0.4, -0.2) is 6.61 Å². The largest absolute Gasteiger partial charge is 0.327 e. The third kappa shape index (κ3) is 4.51. The molecular weight excluding hydrogens is 219 g/mol. The van der Waals surface area contributed by atoms with E-state index in [0.717, 1.165) is 17.3 Å². The predicted molar refractivity (Wildman–Crippen MR) is 69.9 cm³/mol. The van der Waals surface area contributed by atoms with E-state index < -0.39 is 8.03 Å². The van der Waals surface area contributed by atoms with Gasteiger partial charge in [-0.1, -0.05) is 44.4 Å². The second-order valence-electron chi connectivity index (χ2n) is 4.01. The summed E-state index contributed by atoms with van der Waals surface area (Å²) in [5, 5.41) is 0.864. The Bertz CT molecular complexity index is 336. The molecular formula is C13H21O2P. The number of aryl methyl sites for hydroxylation is 1. The molecule has 1 unspecified atom stereocenters. The van der Waals surface area contributed by atoms with Crippen molar-refractivity contribution in [2.75, 3.05) is 6.61 Å². The number of rotatable bonds is 7. The van der Waals surface area contributed by atoms with Crippen LogP contribution in [0.15, 0.2) is 24.3 Å². The second kappa shape index (κ2) is 7.65. The lowest BCUT2D eigenvalue weighted by Gasteiger charge is -2.06. The highest BCUT2D eigenvalue weighted by Gasteiger charge is 2.05. The van der Waals surface area contributed by atoms with Gasteiger partial charge in [0.2, 0.25) is 8.03 Å². The lowest BCUT2D eigenvalue weighted by atomic mass is 10.2. The Kier molecular flexibility index (Phi) is 6.44. The van der Waals surface area contributed by atoms with Crippen LogP contribution in [0.1, 0.15) is 38.2 Å². The first-order valence-electron chi connectivity index (χ1n) is 5.98. The number of benzene rings is 1. The average Bonchev–Trinajstić information content (AvgIpc) is 2.29. The van der Waals surface area contributed by atoms with Crippen molar-refractivity contribution in [1.82, 2.24) is 0 Å². The highest BCUT2D eigenvalue weighted by molar-refractivity contribution is 7.48. The fraction of sp³-hybridized carbons (Fsp3) is 0.538. The minimum absolute atomic E-state index is 0.617. The van der Waals surface area contributed by atoms with E-state index in [1.165, 1.54) is 19.3 Å². The smallest absolute Gasteiger partial charge is 0.220 e. The van der Waals surface area contributed by atoms with Crippen LogP contribution in [0.3, 0.4) is 0 Å². The van der Waals surface area contributed by atoms with Crippen molar-refractivity contribution in [3.8, 4) is 0 Å². The molecule has 0 aliphatic heterocycles. The molecule has 0 N–H and O–H groups in total. The Morgan fingerprint density at radius 2 is 1.94 bits per heavy atom. The van der Waals surface area contributed by atoms with Gasteiger partial charge in [-0.05, 0) is 25.0 Å². The first-order valence-corrected chi connectivity index (χ1v) is 7.30. The zero-order chi connectivity index (χ0) is 11.8. The maximum absolute atomic E-state index is 11.9. The lowest BCUT2D eigenvalue weighted by Crippen LogP contribution is -2.03. The molecule has 1 aromatic rings. The Labute approximate surface area is 98.9 Å². The fourth-order valence-corrected chi connectivity index (χ4v) is 2.70. The van der Waals surface area contributed by atoms with Crippen molar-refractivity contribution in [2.24, 2.45) is 0 Å². The van der Waals surface area contributed by atoms with Gasteiger partial charge in [0, 0.05) is 5.30 Å². The van der Waals surface area contributed by atoms with Crippen LogP contribution >= 0.6 is 8.03 Å². The molecule has 16 heavy (non-hydrogen) atoms. The summed E-state index contributed by atoms with van der Waals surface area (Å²) >= 11 is 0. The number of hydrogen-bond donors (Lipinski definition) is 0. The summed E-state index contributed by atoms with van der Waals surface area (Å²) in [6.45, 7) is 4.77. The molecule has 1 aromatic carbocycles. The van der Waals surface area contributed by atoms with Gasteiger partial charge in [-0.15, -0.1) is 0 Å². The second-order valence-corrected chi connectivity index (χ2v) is 5.41. The molecule has 0 aromatic heterocycles. The van der Waals surface area contributed by atoms with Crippen molar-refractivity contribution in [2.45, 2.75) is 39.5 Å². The molecule has 0 radical (unpaired) electrons. The summed E-state index contributed by atoms with van der Waals surface area (Å²) in [6, 6.07) is 7.72. The molecule has 2 nitrogen and oxygen atoms in total. The summed E-state index contributed by atoms with van der Waals surface area (Å²) in [5.74, 6) is 0. The lowest BCUT2D eigenvalue weighted by molar-refractivity contribution is 0.322. The summed E-state index contributed by atoms with van der Waals surface area (Å²) in [7, 11) is -2.03. The van der Waals surface area contributed by atoms with Gasteiger partial charge in [-0.3, -0.25) is 4.57 Å². The van der Waals surface area contributed by atoms with Crippen molar-refractivity contribution in [1.29, 1.82) is 0 Å². The van der Waals surface area contributed by atoms with Gasteiger partial charge in [0.1, 0.15) is 0 Å². The maximum Gasteiger partial charge on any atom is 0.220 e. The van der Waals surface area contributed by atoms with Crippen molar-refractivity contribution in [3.63, 3.8) is 0 Å². The van der Waals surface area contributed by atoms with Gasteiger partial charge in [0.15, 0.2) is 0 Å². The first-order chi connectivity index (χ1) is 7.75. The van der Waals surface area contributed by atoms with Crippen LogP contribution in [0.2, 0.25) is 0 Å². The third-order valence-electron chi connectivity index (χ3n) is 2.60. The Balaban J connectivity index is 2.33. The maximum atomic E-state index is 11.9. The summed E-state index contributed by atoms with van der Waals surface area (Å²) in [4.78, 5) is 0. The highest BCUT2D eigenvalue weighted by atomic mass is 31.1. The molecule has 0 aliphatic carbocycles. The molecule has 0 amide bonds. The molecule has 3 heteroatoms. The van der Waals surface area contributed by atoms with Crippen LogP contribution in [0, 0.1) is 6.92 Å². The topological polar surface area (TPSA) is 26.3 Å². The normalized spacial score (nSPS) is 12.6. The van der Waals surface area contributed by atoms with E-state index in [0.29, 0.717) is 6.61 Å². The molecule has 0 saturated heterocycles. The standard InChI is InChI=1S/C13H21O2P/c1-3-4-5-8-11-15-16(14)13-10-7-6-9-12(13)2/h6-7,9-10,16H,3-5,8,11H2,1-2H3. The highest BCUT2D eigenvalue weighted by Crippen LogP contribution is 2.23. The van der Waals surface area contributed by atoms with E-state index in [2.05, 4.69) is 6.92 Å². The minimum atomic E-state index is -2.03. The monoisotopic (exact) mass is 240 g/mol. The SMILES string of the molecule is CCCCCCO[PH](=O)c1ccccc1C. The van der Waals surface area contributed by atoms with Gasteiger partial charge in [-0.2, -0.15) is 0 Å². The molecule has 1 atom stereocenters. The van der Waals surface area contributed by atoms with Crippen LogP contribution in [0.5, 0.6) is 0 Å². The van der Waals surface area contributed by atoms with E-state index >= 15 is 0 Å². The van der Waals surface area contributed by atoms with Crippen LogP contribution in [0.25, 0.3) is 0 Å². The van der Waals surface area contributed by atoms with Crippen molar-refractivity contribution >= 4 is 13.3 Å². The average molecular weight is 240 g/mol. The number of hydrogen-bond acceptors (Lipinski definition) is 2. The summed E-state index contributed by atoms with van der Waals surface area (Å²) < 4.78 is 17.3. The molecule has 0 saturated carbocycles. The van der Waals surface area contributed by atoms with Crippen molar-refractivity contribution in [3.05, 3.63) is 29.8 Å². The Morgan fingerprint density at radius 3 is 2.62 bits per heavy atom. The zero-order valence-corrected chi connectivity index (χ0v) is 11.2. The predicted octanol–water partition coefficient (Wildman–Crippen LogP) is 3.69. The minimum Gasteiger partial charge on any atom is -0.327 e. The van der Waals surface area contributed by atoms with Crippen LogP contribution in [0.4, 0.5) is 0 Å². The van der Waals surface area contributed by atoms with E-state index in [4.69, 9.17) is 4.52 Å². The Morgan fingerprint density at radius 1 is 1.19 bits per heavy atom. The van der Waals surface area contributed by atoms with Crippen LogP contribution in [-0.2, 0) is 9.09 Å². The third-order valence-corrected chi connectivity index (χ3v) is 4.06. The quantitative estimate of drug-likeness (QED) is 0.536. The van der Waals surface area contributed by atoms with Gasteiger partial charge in [0.25, 0.3) is 0 Å². The van der Waals surface area contributed by atoms with Crippen LogP contribution < -0.4 is 5.30 Å². The molecule has 0 fully saturated rings. The van der Waals surface area contributed by atoms with E-state index in [1.54, 1.807) is 0 Å². The Hall–Kier alpha value is -0.590. The first kappa shape index (κ1) is 13.5. The number of unbranched alkanes of at least 4 members (excludes halogenated alkanes) is 3.